The Hall–Kier alpha value is -2.22. The van der Waals surface area contributed by atoms with E-state index in [1.165, 1.54) is 18.2 Å². The first-order valence-corrected chi connectivity index (χ1v) is 13.9. The number of benzene rings is 2. The predicted octanol–water partition coefficient (Wildman–Crippen LogP) is 7.35. The van der Waals surface area contributed by atoms with Gasteiger partial charge in [-0.15, -0.1) is 10.2 Å². The van der Waals surface area contributed by atoms with Crippen molar-refractivity contribution in [3.05, 3.63) is 52.5 Å². The predicted molar refractivity (Wildman–Crippen MR) is 145 cm³/mol. The molecule has 0 bridgehead atoms. The number of nitrogens with zero attached hydrogens (tertiary/aromatic N) is 3. The Labute approximate surface area is 226 Å². The van der Waals surface area contributed by atoms with E-state index < -0.39 is 0 Å². The van der Waals surface area contributed by atoms with Crippen LogP contribution in [0.15, 0.2) is 47.6 Å². The molecule has 192 valence electrons. The van der Waals surface area contributed by atoms with Crippen molar-refractivity contribution in [2.24, 2.45) is 17.8 Å². The number of hydrogen-bond donors (Lipinski definition) is 0. The van der Waals surface area contributed by atoms with E-state index in [9.17, 15) is 4.79 Å². The van der Waals surface area contributed by atoms with Crippen molar-refractivity contribution in [3.63, 3.8) is 0 Å². The van der Waals surface area contributed by atoms with Crippen LogP contribution in [-0.2, 0) is 9.53 Å². The summed E-state index contributed by atoms with van der Waals surface area (Å²) < 4.78 is 13.4. The first-order chi connectivity index (χ1) is 17.3. The molecule has 1 aliphatic rings. The van der Waals surface area contributed by atoms with Gasteiger partial charge in [-0.3, -0.25) is 9.36 Å². The maximum atomic E-state index is 12.9. The smallest absolute Gasteiger partial charge is 0.316 e. The summed E-state index contributed by atoms with van der Waals surface area (Å²) in [5.74, 6) is 2.46. The van der Waals surface area contributed by atoms with E-state index in [2.05, 4.69) is 31.0 Å². The van der Waals surface area contributed by atoms with Crippen molar-refractivity contribution < 1.29 is 14.3 Å². The van der Waals surface area contributed by atoms with E-state index in [0.717, 1.165) is 18.4 Å². The Kier molecular flexibility index (Phi) is 8.86. The SMILES string of the molecule is COc1ccc(Cl)cc1-n1c(SCC(=O)O[C@@H]2C[C@H](C)CC[C@H]2C(C)C)nnc1-c1cccc(Cl)c1. The minimum absolute atomic E-state index is 0.0465. The van der Waals surface area contributed by atoms with E-state index in [4.69, 9.17) is 32.7 Å². The van der Waals surface area contributed by atoms with Gasteiger partial charge in [0.15, 0.2) is 11.0 Å². The summed E-state index contributed by atoms with van der Waals surface area (Å²) in [5, 5.41) is 10.5. The molecule has 0 spiro atoms. The molecule has 3 aromatic rings. The third kappa shape index (κ3) is 6.18. The van der Waals surface area contributed by atoms with Crippen LogP contribution >= 0.6 is 35.0 Å². The van der Waals surface area contributed by atoms with Crippen LogP contribution in [0.2, 0.25) is 10.0 Å². The molecular weight excluding hydrogens is 517 g/mol. The van der Waals surface area contributed by atoms with Crippen LogP contribution in [0.1, 0.15) is 40.0 Å². The van der Waals surface area contributed by atoms with Crippen LogP contribution in [-0.4, -0.2) is 39.7 Å². The van der Waals surface area contributed by atoms with Gasteiger partial charge in [-0.2, -0.15) is 0 Å². The molecule has 0 aliphatic heterocycles. The molecule has 36 heavy (non-hydrogen) atoms. The van der Waals surface area contributed by atoms with Gasteiger partial charge in [0.25, 0.3) is 0 Å². The summed E-state index contributed by atoms with van der Waals surface area (Å²) in [7, 11) is 1.59. The second-order valence-electron chi connectivity index (χ2n) is 9.61. The van der Waals surface area contributed by atoms with E-state index >= 15 is 0 Å². The van der Waals surface area contributed by atoms with Crippen molar-refractivity contribution >= 4 is 40.9 Å². The average Bonchev–Trinajstić information content (AvgIpc) is 3.26. The van der Waals surface area contributed by atoms with Crippen molar-refractivity contribution in [1.82, 2.24) is 14.8 Å². The largest absolute Gasteiger partial charge is 0.495 e. The van der Waals surface area contributed by atoms with Gasteiger partial charge >= 0.3 is 5.97 Å². The lowest BCUT2D eigenvalue weighted by atomic mass is 9.75. The number of ether oxygens (including phenoxy) is 2. The first-order valence-electron chi connectivity index (χ1n) is 12.1. The molecule has 0 unspecified atom stereocenters. The lowest BCUT2D eigenvalue weighted by Crippen LogP contribution is -2.36. The van der Waals surface area contributed by atoms with Gasteiger partial charge in [-0.1, -0.05) is 74.3 Å². The third-order valence-corrected chi connectivity index (χ3v) is 8.03. The monoisotopic (exact) mass is 547 g/mol. The van der Waals surface area contributed by atoms with Gasteiger partial charge < -0.3 is 9.47 Å². The molecule has 0 N–H and O–H groups in total. The molecule has 9 heteroatoms. The van der Waals surface area contributed by atoms with Gasteiger partial charge in [-0.25, -0.2) is 0 Å². The van der Waals surface area contributed by atoms with Gasteiger partial charge in [-0.05, 0) is 60.9 Å². The van der Waals surface area contributed by atoms with E-state index in [0.29, 0.717) is 50.2 Å². The Morgan fingerprint density at radius 3 is 2.64 bits per heavy atom. The quantitative estimate of drug-likeness (QED) is 0.217. The fourth-order valence-corrected chi connectivity index (χ4v) is 5.89. The summed E-state index contributed by atoms with van der Waals surface area (Å²) in [6.45, 7) is 6.63. The van der Waals surface area contributed by atoms with Crippen molar-refractivity contribution in [2.45, 2.75) is 51.3 Å². The lowest BCUT2D eigenvalue weighted by Gasteiger charge is -2.36. The number of aromatic nitrogens is 3. The van der Waals surface area contributed by atoms with E-state index in [1.54, 1.807) is 31.4 Å². The maximum absolute atomic E-state index is 12.9. The fraction of sp³-hybridized carbons (Fsp3) is 0.444. The number of carbonyl (C=O) groups excluding carboxylic acids is 1. The summed E-state index contributed by atoms with van der Waals surface area (Å²) in [4.78, 5) is 12.9. The Morgan fingerprint density at radius 1 is 1.14 bits per heavy atom. The minimum atomic E-state index is -0.248. The summed E-state index contributed by atoms with van der Waals surface area (Å²) in [6.07, 6.45) is 3.14. The Balaban J connectivity index is 1.61. The van der Waals surface area contributed by atoms with Crippen LogP contribution in [0.4, 0.5) is 0 Å². The molecular formula is C27H31Cl2N3O3S. The molecule has 1 heterocycles. The topological polar surface area (TPSA) is 66.2 Å². The zero-order valence-electron chi connectivity index (χ0n) is 20.9. The van der Waals surface area contributed by atoms with Gasteiger partial charge in [0.2, 0.25) is 0 Å². The summed E-state index contributed by atoms with van der Waals surface area (Å²) in [5.41, 5.74) is 1.45. The molecule has 0 saturated heterocycles. The summed E-state index contributed by atoms with van der Waals surface area (Å²) >= 11 is 13.9. The normalized spacial score (nSPS) is 19.9. The van der Waals surface area contributed by atoms with Crippen LogP contribution in [0.25, 0.3) is 17.1 Å². The Bertz CT molecular complexity index is 1220. The van der Waals surface area contributed by atoms with Crippen LogP contribution in [0.3, 0.4) is 0 Å². The van der Waals surface area contributed by atoms with Crippen molar-refractivity contribution in [1.29, 1.82) is 0 Å². The van der Waals surface area contributed by atoms with Crippen molar-refractivity contribution in [2.75, 3.05) is 12.9 Å². The van der Waals surface area contributed by atoms with Crippen LogP contribution in [0, 0.1) is 17.8 Å². The second-order valence-corrected chi connectivity index (χ2v) is 11.4. The van der Waals surface area contributed by atoms with E-state index in [1.807, 2.05) is 22.8 Å². The molecule has 1 saturated carbocycles. The molecule has 3 atom stereocenters. The first kappa shape index (κ1) is 26.8. The highest BCUT2D eigenvalue weighted by Gasteiger charge is 2.33. The minimum Gasteiger partial charge on any atom is -0.495 e. The molecule has 0 radical (unpaired) electrons. The average molecular weight is 549 g/mol. The number of methoxy groups -OCH3 is 1. The molecule has 4 rings (SSSR count). The van der Waals surface area contributed by atoms with Crippen molar-refractivity contribution in [3.8, 4) is 22.8 Å². The lowest BCUT2D eigenvalue weighted by molar-refractivity contribution is -0.152. The highest BCUT2D eigenvalue weighted by molar-refractivity contribution is 7.99. The van der Waals surface area contributed by atoms with Gasteiger partial charge in [0, 0.05) is 15.6 Å². The zero-order chi connectivity index (χ0) is 25.8. The fourth-order valence-electron chi connectivity index (χ4n) is 4.81. The molecule has 1 aliphatic carbocycles. The molecule has 1 aromatic heterocycles. The summed E-state index contributed by atoms with van der Waals surface area (Å²) in [6, 6.07) is 12.7. The van der Waals surface area contributed by atoms with Crippen LogP contribution < -0.4 is 4.74 Å². The molecule has 1 fully saturated rings. The van der Waals surface area contributed by atoms with Gasteiger partial charge in [0.1, 0.15) is 11.9 Å². The number of carbonyl (C=O) groups is 1. The Morgan fingerprint density at radius 2 is 1.92 bits per heavy atom. The van der Waals surface area contributed by atoms with Crippen LogP contribution in [0.5, 0.6) is 5.75 Å². The van der Waals surface area contributed by atoms with E-state index in [-0.39, 0.29) is 17.8 Å². The standard InChI is InChI=1S/C27H31Cl2N3O3S/c1-16(2)21-10-8-17(3)12-24(21)35-25(33)15-36-27-31-30-26(18-6-5-7-19(28)13-18)32(27)22-14-20(29)9-11-23(22)34-4/h5-7,9,11,13-14,16-17,21,24H,8,10,12,15H2,1-4H3/t17-,21+,24-/m1/s1. The highest BCUT2D eigenvalue weighted by Crippen LogP contribution is 2.37. The number of esters is 1. The molecule has 2 aromatic carbocycles. The number of thioether (sulfide) groups is 1. The zero-order valence-corrected chi connectivity index (χ0v) is 23.2. The number of halogens is 2. The highest BCUT2D eigenvalue weighted by atomic mass is 35.5. The third-order valence-electron chi connectivity index (χ3n) is 6.66. The number of hydrogen-bond acceptors (Lipinski definition) is 6. The van der Waals surface area contributed by atoms with Gasteiger partial charge in [0.05, 0.1) is 18.6 Å². The number of rotatable bonds is 8. The second kappa shape index (κ2) is 11.9. The molecule has 0 amide bonds. The maximum Gasteiger partial charge on any atom is 0.316 e. The molecule has 6 nitrogen and oxygen atoms in total.